The number of unbranched alkanes of at least 4 members (excludes halogenated alkanes) is 1. The Morgan fingerprint density at radius 1 is 0.464 bits per heavy atom. The van der Waals surface area contributed by atoms with Crippen molar-refractivity contribution in [3.63, 3.8) is 0 Å². The SMILES string of the molecule is CSCC[C@H](NC(=O)[C@@H](NC(=O)[C@H](C)NC(=O)[C@@H](N)CCCCN)[C@@H](C)O)C(=O)N[C@@H](CO)C(=O)NCC(=O)N[C@H](C(=O)N[C@H](C(=O)N[C@H](C(=O)N[C@@H](CS)C(=O)N[C@@H](CC(C)C)C(=O)N[C@@H](CCCNC(=N)N)C(=O)N[C@@H](Cc1ccccc1)C(=O)N1CCC[C@H]1C(=O)NCC(=O)N[C@@H](CCC(N)=O)C(=O)N[C@@H](CC(C)C)C(=O)N[C@@H](CC(N)=O)C(=O)N[C@@H](C)C(=O)O)[C@@H](C)O)[C@@H](C)O)C(C)C. The number of guanidine groups is 1. The van der Waals surface area contributed by atoms with Gasteiger partial charge in [-0.05, 0) is 141 Å². The molecule has 776 valence electrons. The zero-order valence-electron chi connectivity index (χ0n) is 79.7. The summed E-state index contributed by atoms with van der Waals surface area (Å²) in [5.41, 5.74) is 28.2. The summed E-state index contributed by atoms with van der Waals surface area (Å²) in [7, 11) is 0. The molecule has 1 aromatic rings. The van der Waals surface area contributed by atoms with Crippen LogP contribution in [0, 0.1) is 23.2 Å². The highest BCUT2D eigenvalue weighted by molar-refractivity contribution is 7.98. The molecule has 20 amide bonds. The highest BCUT2D eigenvalue weighted by Gasteiger charge is 2.43. The normalized spacial score (nSPS) is 16.4. The van der Waals surface area contributed by atoms with E-state index in [9.17, 15) is 121 Å². The summed E-state index contributed by atoms with van der Waals surface area (Å²) in [6.45, 7) is 12.9. The van der Waals surface area contributed by atoms with Gasteiger partial charge in [-0.2, -0.15) is 24.4 Å². The molecule has 1 fully saturated rings. The van der Waals surface area contributed by atoms with Crippen LogP contribution in [0.3, 0.4) is 0 Å². The Hall–Kier alpha value is -12.2. The van der Waals surface area contributed by atoms with Gasteiger partial charge in [-0.3, -0.25) is 106 Å². The Bertz CT molecular complexity index is 4310. The van der Waals surface area contributed by atoms with Crippen molar-refractivity contribution in [1.82, 2.24) is 101 Å². The minimum absolute atomic E-state index is 0.0224. The maximum Gasteiger partial charge on any atom is 0.325 e. The van der Waals surface area contributed by atoms with Crippen LogP contribution >= 0.6 is 24.4 Å². The Morgan fingerprint density at radius 2 is 0.906 bits per heavy atom. The van der Waals surface area contributed by atoms with Gasteiger partial charge in [0.05, 0.1) is 50.5 Å². The molecule has 1 heterocycles. The number of carbonyl (C=O) groups is 21. The van der Waals surface area contributed by atoms with Crippen molar-refractivity contribution >= 4 is 154 Å². The molecule has 1 aliphatic heterocycles. The number of likely N-dealkylation sites (tertiary alicyclic amines) is 1. The molecule has 2 rings (SSSR count). The van der Waals surface area contributed by atoms with E-state index in [4.69, 9.17) is 34.1 Å². The van der Waals surface area contributed by atoms with Crippen molar-refractivity contribution in [3.05, 3.63) is 35.9 Å². The lowest BCUT2D eigenvalue weighted by Gasteiger charge is -2.31. The average Bonchev–Trinajstić information content (AvgIpc) is 1.66. The zero-order valence-corrected chi connectivity index (χ0v) is 81.4. The fourth-order valence-electron chi connectivity index (χ4n) is 13.7. The van der Waals surface area contributed by atoms with Gasteiger partial charge in [0.15, 0.2) is 5.96 Å². The minimum atomic E-state index is -1.98. The summed E-state index contributed by atoms with van der Waals surface area (Å²) in [6, 6.07) is -18.1. The second-order valence-corrected chi connectivity index (χ2v) is 36.0. The number of aliphatic hydroxyl groups excluding tert-OH is 4. The molecular formula is C85H143N25O26S2. The number of hydrogen-bond donors (Lipinski definition) is 30. The van der Waals surface area contributed by atoms with Gasteiger partial charge in [0.2, 0.25) is 118 Å². The maximum atomic E-state index is 15.0. The fraction of sp³-hybridized carbons (Fsp3) is 0.671. The highest BCUT2D eigenvalue weighted by atomic mass is 32.2. The number of carbonyl (C=O) groups excluding carboxylic acids is 20. The van der Waals surface area contributed by atoms with Crippen LogP contribution in [-0.4, -0.2) is 339 Å². The third kappa shape index (κ3) is 44.5. The molecule has 20 atom stereocenters. The van der Waals surface area contributed by atoms with Crippen LogP contribution in [0.2, 0.25) is 0 Å². The quantitative estimate of drug-likeness (QED) is 0.0125. The van der Waals surface area contributed by atoms with Gasteiger partial charge in [-0.1, -0.05) is 78.3 Å². The topological polar surface area (TPSA) is 833 Å². The van der Waals surface area contributed by atoms with Gasteiger partial charge in [-0.25, -0.2) is 0 Å². The van der Waals surface area contributed by atoms with E-state index >= 15 is 4.79 Å². The summed E-state index contributed by atoms with van der Waals surface area (Å²) >= 11 is 5.53. The summed E-state index contributed by atoms with van der Waals surface area (Å²) in [6.07, 6.45) is -4.18. The zero-order chi connectivity index (χ0) is 105. The lowest BCUT2D eigenvalue weighted by Crippen LogP contribution is -2.63. The number of aliphatic carboxylic acids is 1. The van der Waals surface area contributed by atoms with Crippen LogP contribution in [0.5, 0.6) is 0 Å². The first kappa shape index (κ1) is 122. The molecule has 1 aromatic carbocycles. The summed E-state index contributed by atoms with van der Waals surface area (Å²) < 4.78 is 0. The van der Waals surface area contributed by atoms with Crippen molar-refractivity contribution in [2.45, 2.75) is 287 Å². The molecule has 53 heteroatoms. The van der Waals surface area contributed by atoms with E-state index in [2.05, 4.69) is 108 Å². The highest BCUT2D eigenvalue weighted by Crippen LogP contribution is 2.22. The molecule has 1 saturated heterocycles. The maximum absolute atomic E-state index is 15.0. The summed E-state index contributed by atoms with van der Waals surface area (Å²) in [5, 5.41) is 103. The molecule has 51 nitrogen and oxygen atoms in total. The van der Waals surface area contributed by atoms with E-state index in [0.29, 0.717) is 24.9 Å². The van der Waals surface area contributed by atoms with Crippen LogP contribution in [-0.2, 0) is 107 Å². The number of carboxylic acids is 1. The first-order valence-electron chi connectivity index (χ1n) is 45.2. The lowest BCUT2D eigenvalue weighted by molar-refractivity contribution is -0.142. The number of nitrogens with one attached hydrogen (secondary N) is 19. The Morgan fingerprint density at radius 3 is 1.39 bits per heavy atom. The van der Waals surface area contributed by atoms with Crippen LogP contribution in [0.4, 0.5) is 0 Å². The van der Waals surface area contributed by atoms with Gasteiger partial charge < -0.3 is 155 Å². The fourth-order valence-corrected chi connectivity index (χ4v) is 14.5. The molecule has 138 heavy (non-hydrogen) atoms. The predicted octanol–water partition coefficient (Wildman–Crippen LogP) is -10.7. The Labute approximate surface area is 809 Å². The van der Waals surface area contributed by atoms with E-state index in [0.717, 1.165) is 20.8 Å². The number of thioether (sulfide) groups is 1. The van der Waals surface area contributed by atoms with Gasteiger partial charge in [0, 0.05) is 31.7 Å². The van der Waals surface area contributed by atoms with Crippen LogP contribution < -0.4 is 124 Å². The number of primary amides is 2. The number of hydrogen-bond acceptors (Lipinski definition) is 30. The number of nitrogens with zero attached hydrogens (tertiary/aromatic N) is 1. The molecule has 34 N–H and O–H groups in total. The van der Waals surface area contributed by atoms with Gasteiger partial charge in [-0.15, -0.1) is 0 Å². The van der Waals surface area contributed by atoms with Crippen LogP contribution in [0.25, 0.3) is 0 Å². The molecule has 0 spiro atoms. The molecule has 0 saturated carbocycles. The third-order valence-corrected chi connectivity index (χ3v) is 22.4. The Balaban J connectivity index is 2.37. The minimum Gasteiger partial charge on any atom is -0.480 e. The second-order valence-electron chi connectivity index (χ2n) is 34.6. The number of carboxylic acid groups (broad SMARTS) is 1. The van der Waals surface area contributed by atoms with Gasteiger partial charge in [0.25, 0.3) is 0 Å². The number of rotatable bonds is 64. The summed E-state index contributed by atoms with van der Waals surface area (Å²) in [4.78, 5) is 287. The van der Waals surface area contributed by atoms with Gasteiger partial charge in [0.1, 0.15) is 96.7 Å². The lowest BCUT2D eigenvalue weighted by atomic mass is 10.0. The number of aliphatic hydroxyl groups is 4. The largest absolute Gasteiger partial charge is 0.480 e. The summed E-state index contributed by atoms with van der Waals surface area (Å²) in [5.74, 6) is -23.9. The molecule has 0 aromatic heterocycles. The standard InChI is InChI=1S/C85H143N25O26S2/c1-40(2)32-53(101-77(128)58(39-137)105-81(132)66(46(10)113)109-82(133)67(47(11)114)108-79(130)64(42(5)6)106-63(118)37-93-70(121)57(38-111)104-73(124)52(27-31-138-12)99-80(131)65(45(9)112)107-68(119)43(7)95-69(120)49(87)22-16-17-28-86)75(126)98-50(23-18-29-92-85(90)91)71(122)103-56(34-48-20-14-13-15-21-48)83(134)110-30-19-24-59(110)78(129)94-36-62(117)97-51(25-26-60(88)115)72(123)100-54(33-41(3)4)76(127)102-55(35-61(89)116)74(125)96-44(8)84(135)136/h13-15,20-21,40-47,49-59,64-67,111-114,137H,16-19,22-39,86-87H2,1-12H3,(H2,88,115)(H2,89,116)(H,93,121)(H,94,129)(H,95,120)(H,96,125)(H,97,117)(H,98,126)(H,99,131)(H,100,123)(H,101,128)(H,102,127)(H,103,122)(H,104,124)(H,105,132)(H,106,118)(H,107,119)(H,108,130)(H,109,133)(H,135,136)(H4,90,91,92)/t43-,44-,45+,46+,47+,49-,50-,51-,52-,53-,54-,55-,56-,57-,58-,59-,64-,65-,66-,67-/m0/s1. The number of amides is 20. The first-order chi connectivity index (χ1) is 64.7. The van der Waals surface area contributed by atoms with Gasteiger partial charge >= 0.3 is 5.97 Å². The molecular weight excluding hydrogens is 1850 g/mol. The first-order valence-corrected chi connectivity index (χ1v) is 47.3. The van der Waals surface area contributed by atoms with Crippen molar-refractivity contribution in [1.29, 1.82) is 5.41 Å². The van der Waals surface area contributed by atoms with Crippen molar-refractivity contribution < 1.29 is 126 Å². The van der Waals surface area contributed by atoms with Crippen molar-refractivity contribution in [2.24, 2.45) is 46.4 Å². The van der Waals surface area contributed by atoms with Crippen LogP contribution in [0.1, 0.15) is 165 Å². The number of thiol groups is 1. The molecule has 0 bridgehead atoms. The molecule has 0 unspecified atom stereocenters. The smallest absolute Gasteiger partial charge is 0.325 e. The van der Waals surface area contributed by atoms with Crippen molar-refractivity contribution in [2.75, 3.05) is 57.1 Å². The van der Waals surface area contributed by atoms with E-state index in [1.165, 1.54) is 44.4 Å². The van der Waals surface area contributed by atoms with E-state index in [1.807, 2.05) is 0 Å². The van der Waals surface area contributed by atoms with E-state index in [1.54, 1.807) is 64.3 Å². The van der Waals surface area contributed by atoms with E-state index < -0.39 is 308 Å². The Kier molecular flexibility index (Phi) is 55.3. The number of nitrogens with two attached hydrogens (primary N) is 5. The monoisotopic (exact) mass is 1990 g/mol. The van der Waals surface area contributed by atoms with Crippen LogP contribution in [0.15, 0.2) is 30.3 Å². The molecule has 1 aliphatic rings. The van der Waals surface area contributed by atoms with E-state index in [-0.39, 0.29) is 82.5 Å². The number of benzene rings is 1. The molecule has 0 aliphatic carbocycles. The third-order valence-electron chi connectivity index (χ3n) is 21.4. The second kappa shape index (κ2) is 62.6. The molecule has 0 radical (unpaired) electrons. The predicted molar refractivity (Wildman–Crippen MR) is 504 cm³/mol. The van der Waals surface area contributed by atoms with Crippen molar-refractivity contribution in [3.8, 4) is 0 Å². The average molecular weight is 2000 g/mol.